The molecule has 5 heteroatoms. The number of amides is 2. The van der Waals surface area contributed by atoms with Crippen molar-refractivity contribution in [2.24, 2.45) is 5.73 Å². The fourth-order valence-electron chi connectivity index (χ4n) is 1.70. The van der Waals surface area contributed by atoms with Crippen molar-refractivity contribution in [3.05, 3.63) is 59.9 Å². The zero-order chi connectivity index (χ0) is 14.5. The third-order valence-electron chi connectivity index (χ3n) is 2.80. The Morgan fingerprint density at radius 3 is 1.90 bits per heavy atom. The van der Waals surface area contributed by atoms with Gasteiger partial charge in [-0.1, -0.05) is 12.1 Å². The van der Waals surface area contributed by atoms with Gasteiger partial charge in [-0.3, -0.25) is 0 Å². The molecule has 0 bridgehead atoms. The Bertz CT molecular complexity index is 579. The molecule has 20 heavy (non-hydrogen) atoms. The van der Waals surface area contributed by atoms with E-state index in [9.17, 15) is 9.18 Å². The Balaban J connectivity index is 1.95. The number of hydrogen-bond acceptors (Lipinski definition) is 2. The van der Waals surface area contributed by atoms with Crippen LogP contribution in [0.4, 0.5) is 20.6 Å². The molecule has 2 amide bonds. The topological polar surface area (TPSA) is 67.1 Å². The molecule has 0 saturated carbocycles. The lowest BCUT2D eigenvalue weighted by molar-refractivity contribution is 0.262. The number of benzene rings is 2. The van der Waals surface area contributed by atoms with Gasteiger partial charge in [0.05, 0.1) is 0 Å². The molecule has 4 nitrogen and oxygen atoms in total. The average Bonchev–Trinajstić information content (AvgIpc) is 2.42. The molecule has 2 aromatic carbocycles. The minimum Gasteiger partial charge on any atom is -0.324 e. The number of urea groups is 1. The molecule has 2 aromatic rings. The lowest BCUT2D eigenvalue weighted by Gasteiger charge is -2.09. The van der Waals surface area contributed by atoms with Crippen molar-refractivity contribution < 1.29 is 9.18 Å². The number of anilines is 2. The molecular formula is C15H16FN3O. The highest BCUT2D eigenvalue weighted by Gasteiger charge is 2.04. The summed E-state index contributed by atoms with van der Waals surface area (Å²) in [7, 11) is 0. The van der Waals surface area contributed by atoms with Gasteiger partial charge in [-0.2, -0.15) is 0 Å². The van der Waals surface area contributed by atoms with Gasteiger partial charge < -0.3 is 16.4 Å². The Morgan fingerprint density at radius 2 is 1.45 bits per heavy atom. The van der Waals surface area contributed by atoms with E-state index in [1.165, 1.54) is 24.3 Å². The van der Waals surface area contributed by atoms with Crippen LogP contribution < -0.4 is 16.4 Å². The Labute approximate surface area is 116 Å². The first-order valence-electron chi connectivity index (χ1n) is 6.24. The normalized spacial score (nSPS) is 11.8. The summed E-state index contributed by atoms with van der Waals surface area (Å²) in [5.74, 6) is -0.345. The fourth-order valence-corrected chi connectivity index (χ4v) is 1.70. The standard InChI is InChI=1S/C15H16FN3O/c1-10(17)11-2-6-13(7-3-11)18-15(20)19-14-8-4-12(16)5-9-14/h2-10H,17H2,1H3,(H2,18,19,20). The first-order valence-corrected chi connectivity index (χ1v) is 6.24. The molecule has 0 radical (unpaired) electrons. The maximum absolute atomic E-state index is 12.7. The molecule has 0 saturated heterocycles. The number of halogens is 1. The van der Waals surface area contributed by atoms with Crippen LogP contribution in [0.25, 0.3) is 0 Å². The summed E-state index contributed by atoms with van der Waals surface area (Å²) in [5, 5.41) is 5.30. The lowest BCUT2D eigenvalue weighted by Crippen LogP contribution is -2.19. The fraction of sp³-hybridized carbons (Fsp3) is 0.133. The highest BCUT2D eigenvalue weighted by atomic mass is 19.1. The van der Waals surface area contributed by atoms with Gasteiger partial charge in [-0.15, -0.1) is 0 Å². The van der Waals surface area contributed by atoms with Crippen LogP contribution in [-0.2, 0) is 0 Å². The molecule has 0 spiro atoms. The summed E-state index contributed by atoms with van der Waals surface area (Å²) in [6.07, 6.45) is 0. The number of hydrogen-bond donors (Lipinski definition) is 3. The van der Waals surface area contributed by atoms with E-state index in [0.717, 1.165) is 5.56 Å². The molecule has 0 aromatic heterocycles. The number of carbonyl (C=O) groups excluding carboxylic acids is 1. The zero-order valence-corrected chi connectivity index (χ0v) is 11.1. The molecule has 1 atom stereocenters. The zero-order valence-electron chi connectivity index (χ0n) is 11.1. The van der Waals surface area contributed by atoms with E-state index in [1.807, 2.05) is 19.1 Å². The van der Waals surface area contributed by atoms with Gasteiger partial charge in [0.2, 0.25) is 0 Å². The van der Waals surface area contributed by atoms with Crippen molar-refractivity contribution in [3.8, 4) is 0 Å². The van der Waals surface area contributed by atoms with Crippen LogP contribution in [0.3, 0.4) is 0 Å². The summed E-state index contributed by atoms with van der Waals surface area (Å²) >= 11 is 0. The predicted molar refractivity (Wildman–Crippen MR) is 78.1 cm³/mol. The van der Waals surface area contributed by atoms with Crippen molar-refractivity contribution in [1.29, 1.82) is 0 Å². The lowest BCUT2D eigenvalue weighted by atomic mass is 10.1. The Hall–Kier alpha value is -2.40. The van der Waals surface area contributed by atoms with Gasteiger partial charge in [0.1, 0.15) is 5.82 Å². The largest absolute Gasteiger partial charge is 0.324 e. The Morgan fingerprint density at radius 1 is 1.00 bits per heavy atom. The molecule has 0 aliphatic rings. The second kappa shape index (κ2) is 6.16. The third kappa shape index (κ3) is 3.80. The molecule has 1 unspecified atom stereocenters. The molecular weight excluding hydrogens is 257 g/mol. The van der Waals surface area contributed by atoms with Gasteiger partial charge >= 0.3 is 6.03 Å². The van der Waals surface area contributed by atoms with Crippen LogP contribution >= 0.6 is 0 Å². The molecule has 104 valence electrons. The molecule has 0 aliphatic carbocycles. The van der Waals surface area contributed by atoms with E-state index < -0.39 is 0 Å². The van der Waals surface area contributed by atoms with Crippen molar-refractivity contribution in [1.82, 2.24) is 0 Å². The van der Waals surface area contributed by atoms with Crippen LogP contribution in [0.2, 0.25) is 0 Å². The van der Waals surface area contributed by atoms with Gasteiger partial charge in [0.25, 0.3) is 0 Å². The minimum absolute atomic E-state index is 0.0444. The van der Waals surface area contributed by atoms with E-state index in [4.69, 9.17) is 5.73 Å². The third-order valence-corrected chi connectivity index (χ3v) is 2.80. The van der Waals surface area contributed by atoms with Crippen LogP contribution in [0.1, 0.15) is 18.5 Å². The van der Waals surface area contributed by atoms with Gasteiger partial charge in [0.15, 0.2) is 0 Å². The minimum atomic E-state index is -0.384. The summed E-state index contributed by atoms with van der Waals surface area (Å²) in [4.78, 5) is 11.7. The van der Waals surface area contributed by atoms with Crippen LogP contribution in [0, 0.1) is 5.82 Å². The molecule has 0 aliphatic heterocycles. The van der Waals surface area contributed by atoms with Crippen molar-refractivity contribution >= 4 is 17.4 Å². The summed E-state index contributed by atoms with van der Waals surface area (Å²) in [6.45, 7) is 1.89. The smallest absolute Gasteiger partial charge is 0.323 e. The SMILES string of the molecule is CC(N)c1ccc(NC(=O)Nc2ccc(F)cc2)cc1. The van der Waals surface area contributed by atoms with Crippen LogP contribution in [0.15, 0.2) is 48.5 Å². The Kier molecular flexibility index (Phi) is 4.32. The summed E-state index contributed by atoms with van der Waals surface area (Å²) < 4.78 is 12.7. The predicted octanol–water partition coefficient (Wildman–Crippen LogP) is 3.49. The van der Waals surface area contributed by atoms with E-state index >= 15 is 0 Å². The van der Waals surface area contributed by atoms with Crippen LogP contribution in [-0.4, -0.2) is 6.03 Å². The second-order valence-electron chi connectivity index (χ2n) is 4.50. The van der Waals surface area contributed by atoms with Crippen molar-refractivity contribution in [2.45, 2.75) is 13.0 Å². The number of carbonyl (C=O) groups is 1. The maximum Gasteiger partial charge on any atom is 0.323 e. The van der Waals surface area contributed by atoms with Crippen molar-refractivity contribution in [2.75, 3.05) is 10.6 Å². The summed E-state index contributed by atoms with van der Waals surface area (Å²) in [6, 6.07) is 12.4. The molecule has 0 fully saturated rings. The quantitative estimate of drug-likeness (QED) is 0.801. The molecule has 0 heterocycles. The van der Waals surface area contributed by atoms with Crippen molar-refractivity contribution in [3.63, 3.8) is 0 Å². The maximum atomic E-state index is 12.7. The molecule has 2 rings (SSSR count). The molecule has 4 N–H and O–H groups in total. The highest BCUT2D eigenvalue weighted by molar-refractivity contribution is 5.99. The number of nitrogens with two attached hydrogens (primary N) is 1. The monoisotopic (exact) mass is 273 g/mol. The first-order chi connectivity index (χ1) is 9.54. The van der Waals surface area contributed by atoms with E-state index in [1.54, 1.807) is 12.1 Å². The van der Waals surface area contributed by atoms with E-state index in [-0.39, 0.29) is 17.9 Å². The highest BCUT2D eigenvalue weighted by Crippen LogP contribution is 2.15. The summed E-state index contributed by atoms with van der Waals surface area (Å²) in [5.41, 5.74) is 7.93. The van der Waals surface area contributed by atoms with Gasteiger partial charge in [0, 0.05) is 17.4 Å². The van der Waals surface area contributed by atoms with Crippen LogP contribution in [0.5, 0.6) is 0 Å². The van der Waals surface area contributed by atoms with Gasteiger partial charge in [-0.25, -0.2) is 9.18 Å². The van der Waals surface area contributed by atoms with E-state index in [0.29, 0.717) is 11.4 Å². The second-order valence-corrected chi connectivity index (χ2v) is 4.50. The van der Waals surface area contributed by atoms with Gasteiger partial charge in [-0.05, 0) is 48.9 Å². The number of rotatable bonds is 3. The first kappa shape index (κ1) is 14.0. The van der Waals surface area contributed by atoms with E-state index in [2.05, 4.69) is 10.6 Å². The number of nitrogens with one attached hydrogen (secondary N) is 2. The average molecular weight is 273 g/mol.